The number of carbonyl (C=O) groups excluding carboxylic acids is 4. The molecule has 1 aromatic heterocycles. The van der Waals surface area contributed by atoms with E-state index >= 15 is 0 Å². The molecule has 1 aliphatic heterocycles. The normalized spacial score (nSPS) is 20.5. The second-order valence-corrected chi connectivity index (χ2v) is 8.10. The van der Waals surface area contributed by atoms with Gasteiger partial charge in [0.15, 0.2) is 0 Å². The average Bonchev–Trinajstić information content (AvgIpc) is 3.40. The van der Waals surface area contributed by atoms with Crippen molar-refractivity contribution in [2.75, 3.05) is 27.2 Å². The summed E-state index contributed by atoms with van der Waals surface area (Å²) in [5, 5.41) is 3.00. The van der Waals surface area contributed by atoms with Crippen LogP contribution in [-0.2, 0) is 20.8 Å². The number of amides is 4. The minimum Gasteiger partial charge on any atom is -0.468 e. The van der Waals surface area contributed by atoms with E-state index in [1.54, 1.807) is 19.0 Å². The van der Waals surface area contributed by atoms with Crippen LogP contribution in [-0.4, -0.2) is 66.7 Å². The molecule has 2 fully saturated rings. The molecule has 1 aromatic rings. The Bertz CT molecular complexity index is 812. The van der Waals surface area contributed by atoms with Gasteiger partial charge in [-0.25, -0.2) is 0 Å². The molecule has 3 N–H and O–H groups in total. The van der Waals surface area contributed by atoms with Gasteiger partial charge in [0.2, 0.25) is 17.7 Å². The highest BCUT2D eigenvalue weighted by Gasteiger charge is 2.57. The van der Waals surface area contributed by atoms with Crippen molar-refractivity contribution in [1.82, 2.24) is 15.1 Å². The maximum Gasteiger partial charge on any atom is 0.257 e. The Labute approximate surface area is 169 Å². The SMILES string of the molecule is CN(C)C(=O)C1(C(=O)NC2CCCCN(C(=O)c3ccoc3CC(N)=O)C2)CC1. The van der Waals surface area contributed by atoms with Gasteiger partial charge in [-0.1, -0.05) is 0 Å². The predicted molar refractivity (Wildman–Crippen MR) is 104 cm³/mol. The summed E-state index contributed by atoms with van der Waals surface area (Å²) in [6.45, 7) is 0.895. The number of rotatable bonds is 6. The van der Waals surface area contributed by atoms with Gasteiger partial charge in [-0.3, -0.25) is 19.2 Å². The van der Waals surface area contributed by atoms with Crippen LogP contribution in [0.5, 0.6) is 0 Å². The van der Waals surface area contributed by atoms with Crippen molar-refractivity contribution in [2.45, 2.75) is 44.6 Å². The number of nitrogens with two attached hydrogens (primary N) is 1. The monoisotopic (exact) mass is 404 g/mol. The van der Waals surface area contributed by atoms with Crippen LogP contribution in [0.25, 0.3) is 0 Å². The molecule has 1 unspecified atom stereocenters. The molecule has 4 amide bonds. The number of primary amides is 1. The first-order valence-corrected chi connectivity index (χ1v) is 9.91. The second kappa shape index (κ2) is 8.26. The Morgan fingerprint density at radius 2 is 2.00 bits per heavy atom. The number of likely N-dealkylation sites (tertiary alicyclic amines) is 1. The number of nitrogens with one attached hydrogen (secondary N) is 1. The van der Waals surface area contributed by atoms with E-state index in [1.165, 1.54) is 17.2 Å². The third kappa shape index (κ3) is 4.44. The minimum atomic E-state index is -0.955. The highest BCUT2D eigenvalue weighted by atomic mass is 16.3. The summed E-state index contributed by atoms with van der Waals surface area (Å²) < 4.78 is 5.25. The van der Waals surface area contributed by atoms with E-state index in [4.69, 9.17) is 10.2 Å². The summed E-state index contributed by atoms with van der Waals surface area (Å²) >= 11 is 0. The van der Waals surface area contributed by atoms with Crippen molar-refractivity contribution < 1.29 is 23.6 Å². The number of hydrogen-bond donors (Lipinski definition) is 2. The Hall–Kier alpha value is -2.84. The van der Waals surface area contributed by atoms with Crippen LogP contribution in [0.15, 0.2) is 16.7 Å². The molecule has 2 heterocycles. The van der Waals surface area contributed by atoms with E-state index in [0.29, 0.717) is 31.5 Å². The Kier molecular flexibility index (Phi) is 5.95. The average molecular weight is 404 g/mol. The maximum atomic E-state index is 13.0. The summed E-state index contributed by atoms with van der Waals surface area (Å²) in [4.78, 5) is 52.5. The largest absolute Gasteiger partial charge is 0.468 e. The maximum absolute atomic E-state index is 13.0. The van der Waals surface area contributed by atoms with Crippen LogP contribution in [0.2, 0.25) is 0 Å². The first kappa shape index (κ1) is 20.9. The van der Waals surface area contributed by atoms with Gasteiger partial charge in [-0.2, -0.15) is 0 Å². The van der Waals surface area contributed by atoms with Crippen molar-refractivity contribution in [2.24, 2.45) is 11.1 Å². The van der Waals surface area contributed by atoms with Crippen molar-refractivity contribution >= 4 is 23.6 Å². The minimum absolute atomic E-state index is 0.142. The van der Waals surface area contributed by atoms with Crippen LogP contribution in [0.3, 0.4) is 0 Å². The number of furan rings is 1. The molecule has 29 heavy (non-hydrogen) atoms. The highest BCUT2D eigenvalue weighted by molar-refractivity contribution is 6.07. The lowest BCUT2D eigenvalue weighted by Gasteiger charge is -2.27. The van der Waals surface area contributed by atoms with Gasteiger partial charge in [0.05, 0.1) is 18.2 Å². The number of nitrogens with zero attached hydrogens (tertiary/aromatic N) is 2. The smallest absolute Gasteiger partial charge is 0.257 e. The van der Waals surface area contributed by atoms with E-state index < -0.39 is 11.3 Å². The molecule has 1 saturated heterocycles. The molecule has 9 heteroatoms. The van der Waals surface area contributed by atoms with Gasteiger partial charge >= 0.3 is 0 Å². The Balaban J connectivity index is 1.68. The molecule has 0 radical (unpaired) electrons. The van der Waals surface area contributed by atoms with Crippen LogP contribution in [0, 0.1) is 5.41 Å². The fourth-order valence-corrected chi connectivity index (χ4v) is 3.86. The van der Waals surface area contributed by atoms with E-state index in [1.807, 2.05) is 0 Å². The van der Waals surface area contributed by atoms with Gasteiger partial charge in [0.1, 0.15) is 11.2 Å². The molecule has 1 atom stereocenters. The zero-order valence-electron chi connectivity index (χ0n) is 16.9. The van der Waals surface area contributed by atoms with Gasteiger partial charge in [0, 0.05) is 33.2 Å². The molecule has 9 nitrogen and oxygen atoms in total. The lowest BCUT2D eigenvalue weighted by Crippen LogP contribution is -2.50. The van der Waals surface area contributed by atoms with Crippen molar-refractivity contribution in [1.29, 1.82) is 0 Å². The molecule has 1 aliphatic carbocycles. The quantitative estimate of drug-likeness (QED) is 0.659. The third-order valence-electron chi connectivity index (χ3n) is 5.60. The zero-order chi connectivity index (χ0) is 21.2. The van der Waals surface area contributed by atoms with Gasteiger partial charge in [-0.05, 0) is 38.2 Å². The van der Waals surface area contributed by atoms with Crippen LogP contribution in [0.4, 0.5) is 0 Å². The van der Waals surface area contributed by atoms with E-state index in [9.17, 15) is 19.2 Å². The summed E-state index contributed by atoms with van der Waals surface area (Å²) in [5.41, 5.74) is 4.59. The molecule has 158 valence electrons. The van der Waals surface area contributed by atoms with E-state index in [-0.39, 0.29) is 35.9 Å². The van der Waals surface area contributed by atoms with E-state index in [0.717, 1.165) is 19.3 Å². The summed E-state index contributed by atoms with van der Waals surface area (Å²) in [6.07, 6.45) is 4.74. The molecule has 0 bridgehead atoms. The molecular formula is C20H28N4O5. The molecule has 1 saturated carbocycles. The van der Waals surface area contributed by atoms with E-state index in [2.05, 4.69) is 5.32 Å². The Morgan fingerprint density at radius 3 is 2.62 bits per heavy atom. The van der Waals surface area contributed by atoms with Gasteiger partial charge < -0.3 is 25.3 Å². The van der Waals surface area contributed by atoms with Crippen molar-refractivity contribution in [3.63, 3.8) is 0 Å². The number of hydrogen-bond acceptors (Lipinski definition) is 5. The topological polar surface area (TPSA) is 126 Å². The zero-order valence-corrected chi connectivity index (χ0v) is 16.9. The first-order chi connectivity index (χ1) is 13.7. The molecule has 3 rings (SSSR count). The van der Waals surface area contributed by atoms with Crippen molar-refractivity contribution in [3.05, 3.63) is 23.7 Å². The molecular weight excluding hydrogens is 376 g/mol. The predicted octanol–water partition coefficient (Wildman–Crippen LogP) is 0.287. The summed E-state index contributed by atoms with van der Waals surface area (Å²) in [6, 6.07) is 1.31. The fraction of sp³-hybridized carbons (Fsp3) is 0.600. The molecule has 0 spiro atoms. The fourth-order valence-electron chi connectivity index (χ4n) is 3.86. The number of carbonyl (C=O) groups is 4. The third-order valence-corrected chi connectivity index (χ3v) is 5.60. The Morgan fingerprint density at radius 1 is 1.28 bits per heavy atom. The van der Waals surface area contributed by atoms with Gasteiger partial charge in [-0.15, -0.1) is 0 Å². The molecule has 2 aliphatic rings. The first-order valence-electron chi connectivity index (χ1n) is 9.91. The van der Waals surface area contributed by atoms with Crippen LogP contribution < -0.4 is 11.1 Å². The summed E-state index contributed by atoms with van der Waals surface area (Å²) in [7, 11) is 3.30. The standard InChI is InChI=1S/C20H28N4O5/c1-23(2)19(28)20(7-8-20)18(27)22-13-5-3-4-9-24(12-13)17(26)14-6-10-29-15(14)11-16(21)25/h6,10,13H,3-5,7-9,11-12H2,1-2H3,(H2,21,25)(H,22,27). The highest BCUT2D eigenvalue weighted by Crippen LogP contribution is 2.47. The molecule has 0 aromatic carbocycles. The van der Waals surface area contributed by atoms with Gasteiger partial charge in [0.25, 0.3) is 5.91 Å². The lowest BCUT2D eigenvalue weighted by molar-refractivity contribution is -0.142. The van der Waals surface area contributed by atoms with Crippen LogP contribution >= 0.6 is 0 Å². The lowest BCUT2D eigenvalue weighted by atomic mass is 10.0. The second-order valence-electron chi connectivity index (χ2n) is 8.10. The van der Waals surface area contributed by atoms with Crippen LogP contribution in [0.1, 0.15) is 48.2 Å². The summed E-state index contributed by atoms with van der Waals surface area (Å²) in [5.74, 6) is -1.00. The van der Waals surface area contributed by atoms with Crippen molar-refractivity contribution in [3.8, 4) is 0 Å².